The van der Waals surface area contributed by atoms with Gasteiger partial charge in [0.2, 0.25) is 5.91 Å². The van der Waals surface area contributed by atoms with Gasteiger partial charge in [-0.15, -0.1) is 24.8 Å². The maximum atomic E-state index is 12.1. The van der Waals surface area contributed by atoms with Crippen molar-refractivity contribution in [1.29, 1.82) is 0 Å². The molecule has 2 aliphatic rings. The number of nitrogens with zero attached hydrogens (tertiary/aromatic N) is 1. The first-order chi connectivity index (χ1) is 9.00. The van der Waals surface area contributed by atoms with Crippen LogP contribution in [-0.2, 0) is 9.53 Å². The molecular formula is C14H29Cl2N3O2. The minimum Gasteiger partial charge on any atom is -0.379 e. The Morgan fingerprint density at radius 3 is 2.38 bits per heavy atom. The molecule has 21 heavy (non-hydrogen) atoms. The van der Waals surface area contributed by atoms with Crippen LogP contribution in [0, 0.1) is 11.8 Å². The summed E-state index contributed by atoms with van der Waals surface area (Å²) < 4.78 is 5.38. The van der Waals surface area contributed by atoms with E-state index in [0.29, 0.717) is 12.5 Å². The van der Waals surface area contributed by atoms with E-state index in [-0.39, 0.29) is 42.2 Å². The number of carbonyl (C=O) groups is 1. The SMILES string of the molecule is CC(C(=O)NCC(C)(C)N1CCOCC1)C1CNC1.Cl.Cl. The summed E-state index contributed by atoms with van der Waals surface area (Å²) >= 11 is 0. The molecule has 0 aromatic heterocycles. The van der Waals surface area contributed by atoms with Gasteiger partial charge in [-0.2, -0.15) is 0 Å². The number of hydrogen-bond acceptors (Lipinski definition) is 4. The van der Waals surface area contributed by atoms with Crippen molar-refractivity contribution in [2.24, 2.45) is 11.8 Å². The molecule has 2 rings (SSSR count). The second-order valence-electron chi connectivity index (χ2n) is 6.34. The fourth-order valence-corrected chi connectivity index (χ4v) is 2.62. The van der Waals surface area contributed by atoms with Crippen molar-refractivity contribution in [1.82, 2.24) is 15.5 Å². The van der Waals surface area contributed by atoms with Crippen LogP contribution in [0.4, 0.5) is 0 Å². The highest BCUT2D eigenvalue weighted by Gasteiger charge is 2.32. The third-order valence-electron chi connectivity index (χ3n) is 4.50. The molecule has 0 aromatic rings. The molecule has 1 atom stereocenters. The van der Waals surface area contributed by atoms with E-state index in [1.54, 1.807) is 0 Å². The Balaban J connectivity index is 0.00000200. The van der Waals surface area contributed by atoms with Crippen LogP contribution in [-0.4, -0.2) is 62.3 Å². The number of amides is 1. The smallest absolute Gasteiger partial charge is 0.223 e. The van der Waals surface area contributed by atoms with Crippen molar-refractivity contribution in [2.45, 2.75) is 26.3 Å². The van der Waals surface area contributed by atoms with Crippen LogP contribution in [0.1, 0.15) is 20.8 Å². The Morgan fingerprint density at radius 2 is 1.90 bits per heavy atom. The summed E-state index contributed by atoms with van der Waals surface area (Å²) in [5.74, 6) is 0.807. The first-order valence-corrected chi connectivity index (χ1v) is 7.32. The molecule has 2 heterocycles. The Kier molecular flexibility index (Phi) is 9.12. The second kappa shape index (κ2) is 9.16. The number of carbonyl (C=O) groups excluding carboxylic acids is 1. The van der Waals surface area contributed by atoms with Crippen molar-refractivity contribution in [2.75, 3.05) is 45.9 Å². The van der Waals surface area contributed by atoms with Gasteiger partial charge in [0.1, 0.15) is 0 Å². The van der Waals surface area contributed by atoms with Crippen LogP contribution in [0.15, 0.2) is 0 Å². The molecule has 0 aliphatic carbocycles. The Hall–Kier alpha value is -0.0700. The number of hydrogen-bond donors (Lipinski definition) is 2. The molecule has 0 saturated carbocycles. The summed E-state index contributed by atoms with van der Waals surface area (Å²) in [4.78, 5) is 14.5. The van der Waals surface area contributed by atoms with E-state index >= 15 is 0 Å². The van der Waals surface area contributed by atoms with Gasteiger partial charge in [-0.05, 0) is 32.9 Å². The van der Waals surface area contributed by atoms with Gasteiger partial charge in [0.05, 0.1) is 13.2 Å². The second-order valence-corrected chi connectivity index (χ2v) is 6.34. The van der Waals surface area contributed by atoms with Gasteiger partial charge in [-0.3, -0.25) is 9.69 Å². The molecule has 0 spiro atoms. The van der Waals surface area contributed by atoms with Crippen molar-refractivity contribution in [3.05, 3.63) is 0 Å². The first kappa shape index (κ1) is 20.9. The predicted molar refractivity (Wildman–Crippen MR) is 89.5 cm³/mol. The van der Waals surface area contributed by atoms with Gasteiger partial charge in [-0.1, -0.05) is 6.92 Å². The quantitative estimate of drug-likeness (QED) is 0.780. The fraction of sp³-hybridized carbons (Fsp3) is 0.929. The minimum atomic E-state index is -0.00295. The summed E-state index contributed by atoms with van der Waals surface area (Å²) in [7, 11) is 0. The summed E-state index contributed by atoms with van der Waals surface area (Å²) in [5, 5.41) is 6.34. The molecule has 0 bridgehead atoms. The molecule has 2 fully saturated rings. The predicted octanol–water partition coefficient (Wildman–Crippen LogP) is 0.912. The van der Waals surface area contributed by atoms with E-state index in [1.165, 1.54) is 0 Å². The Bertz CT molecular complexity index is 319. The summed E-state index contributed by atoms with van der Waals surface area (Å²) in [5.41, 5.74) is -0.00295. The standard InChI is InChI=1S/C14H27N3O2.2ClH/c1-11(12-8-15-9-12)13(18)16-10-14(2,3)17-4-6-19-7-5-17;;/h11-12,15H,4-10H2,1-3H3,(H,16,18);2*1H. The summed E-state index contributed by atoms with van der Waals surface area (Å²) in [6, 6.07) is 0. The third-order valence-corrected chi connectivity index (χ3v) is 4.50. The molecular weight excluding hydrogens is 313 g/mol. The Morgan fingerprint density at radius 1 is 1.33 bits per heavy atom. The van der Waals surface area contributed by atoms with Crippen molar-refractivity contribution >= 4 is 30.7 Å². The zero-order valence-corrected chi connectivity index (χ0v) is 14.8. The maximum Gasteiger partial charge on any atom is 0.223 e. The zero-order valence-electron chi connectivity index (χ0n) is 13.2. The van der Waals surface area contributed by atoms with Crippen LogP contribution in [0.2, 0.25) is 0 Å². The molecule has 5 nitrogen and oxygen atoms in total. The highest BCUT2D eigenvalue weighted by Crippen LogP contribution is 2.18. The molecule has 1 amide bonds. The highest BCUT2D eigenvalue weighted by molar-refractivity contribution is 5.85. The van der Waals surface area contributed by atoms with Gasteiger partial charge in [0.25, 0.3) is 0 Å². The molecule has 0 radical (unpaired) electrons. The lowest BCUT2D eigenvalue weighted by Gasteiger charge is -2.41. The van der Waals surface area contributed by atoms with Crippen LogP contribution >= 0.6 is 24.8 Å². The first-order valence-electron chi connectivity index (χ1n) is 7.32. The molecule has 2 N–H and O–H groups in total. The number of nitrogens with one attached hydrogen (secondary N) is 2. The third kappa shape index (κ3) is 5.57. The number of morpholine rings is 1. The average Bonchev–Trinajstić information content (AvgIpc) is 2.35. The van der Waals surface area contributed by atoms with E-state index < -0.39 is 0 Å². The topological polar surface area (TPSA) is 53.6 Å². The molecule has 0 aromatic carbocycles. The molecule has 1 unspecified atom stereocenters. The van der Waals surface area contributed by atoms with E-state index in [0.717, 1.165) is 39.4 Å². The molecule has 2 aliphatic heterocycles. The maximum absolute atomic E-state index is 12.1. The lowest BCUT2D eigenvalue weighted by atomic mass is 9.88. The summed E-state index contributed by atoms with van der Waals surface area (Å²) in [6.07, 6.45) is 0. The lowest BCUT2D eigenvalue weighted by Crippen LogP contribution is -2.57. The van der Waals surface area contributed by atoms with Crippen LogP contribution < -0.4 is 10.6 Å². The van der Waals surface area contributed by atoms with Gasteiger partial charge < -0.3 is 15.4 Å². The molecule has 2 saturated heterocycles. The van der Waals surface area contributed by atoms with Crippen LogP contribution in [0.5, 0.6) is 0 Å². The van der Waals surface area contributed by atoms with Gasteiger partial charge in [-0.25, -0.2) is 0 Å². The lowest BCUT2D eigenvalue weighted by molar-refractivity contribution is -0.127. The normalized spacial score (nSPS) is 21.5. The van der Waals surface area contributed by atoms with Gasteiger partial charge >= 0.3 is 0 Å². The molecule has 7 heteroatoms. The molecule has 126 valence electrons. The number of ether oxygens (including phenoxy) is 1. The highest BCUT2D eigenvalue weighted by atomic mass is 35.5. The van der Waals surface area contributed by atoms with Crippen LogP contribution in [0.25, 0.3) is 0 Å². The zero-order chi connectivity index (χ0) is 13.9. The van der Waals surface area contributed by atoms with E-state index in [1.807, 2.05) is 6.92 Å². The fourth-order valence-electron chi connectivity index (χ4n) is 2.62. The Labute approximate surface area is 140 Å². The van der Waals surface area contributed by atoms with E-state index in [9.17, 15) is 4.79 Å². The van der Waals surface area contributed by atoms with Gasteiger partial charge in [0.15, 0.2) is 0 Å². The minimum absolute atomic E-state index is 0. The van der Waals surface area contributed by atoms with Crippen molar-refractivity contribution < 1.29 is 9.53 Å². The van der Waals surface area contributed by atoms with Crippen LogP contribution in [0.3, 0.4) is 0 Å². The monoisotopic (exact) mass is 341 g/mol. The summed E-state index contributed by atoms with van der Waals surface area (Å²) in [6.45, 7) is 12.5. The average molecular weight is 342 g/mol. The van der Waals surface area contributed by atoms with Gasteiger partial charge in [0, 0.05) is 31.1 Å². The van der Waals surface area contributed by atoms with E-state index in [4.69, 9.17) is 4.74 Å². The largest absolute Gasteiger partial charge is 0.379 e. The number of halogens is 2. The van der Waals surface area contributed by atoms with Crippen molar-refractivity contribution in [3.8, 4) is 0 Å². The van der Waals surface area contributed by atoms with E-state index in [2.05, 4.69) is 29.4 Å². The van der Waals surface area contributed by atoms with Crippen molar-refractivity contribution in [3.63, 3.8) is 0 Å². The number of rotatable bonds is 5.